The lowest BCUT2D eigenvalue weighted by atomic mass is 10.2. The summed E-state index contributed by atoms with van der Waals surface area (Å²) < 4.78 is 44.9. The van der Waals surface area contributed by atoms with E-state index in [0.717, 1.165) is 25.0 Å². The molecule has 1 aromatic carbocycles. The molecule has 1 atom stereocenters. The molecule has 4 nitrogen and oxygen atoms in total. The molecule has 1 N–H and O–H groups in total. The lowest BCUT2D eigenvalue weighted by molar-refractivity contribution is 0.114. The number of halogens is 2. The SMILES string of the molecule is O=S(=O)(NCC1CCCO1)c1cc(Cl)ccc1F. The van der Waals surface area contributed by atoms with Crippen molar-refractivity contribution in [2.24, 2.45) is 0 Å². The largest absolute Gasteiger partial charge is 0.377 e. The Morgan fingerprint density at radius 3 is 2.94 bits per heavy atom. The van der Waals surface area contributed by atoms with Crippen LogP contribution in [0.2, 0.25) is 5.02 Å². The van der Waals surface area contributed by atoms with Gasteiger partial charge < -0.3 is 4.74 Å². The molecule has 1 aromatic rings. The van der Waals surface area contributed by atoms with Gasteiger partial charge in [0.1, 0.15) is 10.7 Å². The van der Waals surface area contributed by atoms with Crippen molar-refractivity contribution in [2.45, 2.75) is 23.8 Å². The average molecular weight is 294 g/mol. The highest BCUT2D eigenvalue weighted by Gasteiger charge is 2.22. The first-order chi connectivity index (χ1) is 8.49. The van der Waals surface area contributed by atoms with Crippen LogP contribution in [0.15, 0.2) is 23.1 Å². The zero-order chi connectivity index (χ0) is 13.2. The minimum absolute atomic E-state index is 0.137. The van der Waals surface area contributed by atoms with Crippen molar-refractivity contribution < 1.29 is 17.5 Å². The van der Waals surface area contributed by atoms with Gasteiger partial charge in [0.2, 0.25) is 10.0 Å². The second-order valence-corrected chi connectivity index (χ2v) is 6.23. The predicted molar refractivity (Wildman–Crippen MR) is 65.6 cm³/mol. The fourth-order valence-corrected chi connectivity index (χ4v) is 3.17. The predicted octanol–water partition coefficient (Wildman–Crippen LogP) is 1.94. The summed E-state index contributed by atoms with van der Waals surface area (Å²) in [7, 11) is -3.89. The van der Waals surface area contributed by atoms with Gasteiger partial charge in [-0.2, -0.15) is 0 Å². The molecular weight excluding hydrogens is 281 g/mol. The van der Waals surface area contributed by atoms with Crippen LogP contribution in [-0.2, 0) is 14.8 Å². The molecule has 1 heterocycles. The molecule has 1 unspecified atom stereocenters. The second-order valence-electron chi connectivity index (χ2n) is 4.06. The van der Waals surface area contributed by atoms with Gasteiger partial charge in [-0.3, -0.25) is 0 Å². The van der Waals surface area contributed by atoms with E-state index in [9.17, 15) is 12.8 Å². The zero-order valence-corrected chi connectivity index (χ0v) is 11.1. The Labute approximate surface area is 110 Å². The summed E-state index contributed by atoms with van der Waals surface area (Å²) in [6.07, 6.45) is 1.58. The summed E-state index contributed by atoms with van der Waals surface area (Å²) in [6.45, 7) is 0.784. The first-order valence-corrected chi connectivity index (χ1v) is 7.41. The number of benzene rings is 1. The Morgan fingerprint density at radius 2 is 2.28 bits per heavy atom. The van der Waals surface area contributed by atoms with E-state index in [4.69, 9.17) is 16.3 Å². The van der Waals surface area contributed by atoms with Gasteiger partial charge in [-0.1, -0.05) is 11.6 Å². The van der Waals surface area contributed by atoms with Crippen LogP contribution in [0.25, 0.3) is 0 Å². The molecule has 0 radical (unpaired) electrons. The van der Waals surface area contributed by atoms with E-state index in [1.165, 1.54) is 6.07 Å². The first kappa shape index (κ1) is 13.7. The van der Waals surface area contributed by atoms with E-state index in [1.807, 2.05) is 0 Å². The molecule has 0 aromatic heterocycles. The van der Waals surface area contributed by atoms with E-state index >= 15 is 0 Å². The fourth-order valence-electron chi connectivity index (χ4n) is 1.77. The number of hydrogen-bond donors (Lipinski definition) is 1. The van der Waals surface area contributed by atoms with Gasteiger partial charge >= 0.3 is 0 Å². The van der Waals surface area contributed by atoms with Crippen molar-refractivity contribution in [3.05, 3.63) is 29.0 Å². The Balaban J connectivity index is 2.12. The van der Waals surface area contributed by atoms with Crippen LogP contribution in [-0.4, -0.2) is 27.7 Å². The van der Waals surface area contributed by atoms with Crippen molar-refractivity contribution in [3.8, 4) is 0 Å². The summed E-state index contributed by atoms with van der Waals surface area (Å²) in [6, 6.07) is 3.42. The van der Waals surface area contributed by atoms with Crippen LogP contribution in [0.4, 0.5) is 4.39 Å². The minimum Gasteiger partial charge on any atom is -0.377 e. The Kier molecular flexibility index (Phi) is 4.21. The molecule has 1 fully saturated rings. The second kappa shape index (κ2) is 5.52. The number of sulfonamides is 1. The van der Waals surface area contributed by atoms with Crippen LogP contribution in [0.5, 0.6) is 0 Å². The molecule has 1 saturated heterocycles. The van der Waals surface area contributed by atoms with Crippen molar-refractivity contribution in [3.63, 3.8) is 0 Å². The summed E-state index contributed by atoms with van der Waals surface area (Å²) in [5, 5.41) is 0.175. The molecule has 0 amide bonds. The number of ether oxygens (including phenoxy) is 1. The Morgan fingerprint density at radius 1 is 1.50 bits per heavy atom. The molecule has 2 rings (SSSR count). The maximum absolute atomic E-state index is 13.5. The molecule has 0 saturated carbocycles. The zero-order valence-electron chi connectivity index (χ0n) is 9.53. The number of hydrogen-bond acceptors (Lipinski definition) is 3. The summed E-state index contributed by atoms with van der Waals surface area (Å²) in [4.78, 5) is -0.437. The maximum atomic E-state index is 13.5. The van der Waals surface area contributed by atoms with Gasteiger partial charge in [-0.25, -0.2) is 17.5 Å². The third-order valence-electron chi connectivity index (χ3n) is 2.71. The maximum Gasteiger partial charge on any atom is 0.243 e. The lowest BCUT2D eigenvalue weighted by Crippen LogP contribution is -2.32. The van der Waals surface area contributed by atoms with E-state index in [1.54, 1.807) is 0 Å². The van der Waals surface area contributed by atoms with Crippen LogP contribution < -0.4 is 4.72 Å². The van der Waals surface area contributed by atoms with Crippen LogP contribution >= 0.6 is 11.6 Å². The molecule has 7 heteroatoms. The van der Waals surface area contributed by atoms with Gasteiger partial charge in [-0.05, 0) is 31.0 Å². The van der Waals surface area contributed by atoms with Gasteiger partial charge in [0.25, 0.3) is 0 Å². The van der Waals surface area contributed by atoms with Gasteiger partial charge in [0.05, 0.1) is 6.10 Å². The molecule has 18 heavy (non-hydrogen) atoms. The summed E-state index contributed by atoms with van der Waals surface area (Å²) in [5.74, 6) is -0.820. The van der Waals surface area contributed by atoms with Crippen LogP contribution in [0.1, 0.15) is 12.8 Å². The lowest BCUT2D eigenvalue weighted by Gasteiger charge is -2.12. The Bertz CT molecular complexity index is 529. The topological polar surface area (TPSA) is 55.4 Å². The molecule has 1 aliphatic heterocycles. The van der Waals surface area contributed by atoms with E-state index < -0.39 is 20.7 Å². The fraction of sp³-hybridized carbons (Fsp3) is 0.455. The monoisotopic (exact) mass is 293 g/mol. The van der Waals surface area contributed by atoms with Crippen LogP contribution in [0, 0.1) is 5.82 Å². The first-order valence-electron chi connectivity index (χ1n) is 5.55. The minimum atomic E-state index is -3.89. The Hall–Kier alpha value is -0.690. The third kappa shape index (κ3) is 3.20. The smallest absolute Gasteiger partial charge is 0.243 e. The van der Waals surface area contributed by atoms with E-state index in [2.05, 4.69) is 4.72 Å². The van der Waals surface area contributed by atoms with Crippen molar-refractivity contribution in [2.75, 3.05) is 13.2 Å². The van der Waals surface area contributed by atoms with Crippen molar-refractivity contribution in [1.82, 2.24) is 4.72 Å². The highest BCUT2D eigenvalue weighted by atomic mass is 35.5. The van der Waals surface area contributed by atoms with E-state index in [0.29, 0.717) is 6.61 Å². The van der Waals surface area contributed by atoms with Gasteiger partial charge in [-0.15, -0.1) is 0 Å². The molecule has 0 aliphatic carbocycles. The molecule has 100 valence electrons. The van der Waals surface area contributed by atoms with Crippen LogP contribution in [0.3, 0.4) is 0 Å². The number of nitrogens with one attached hydrogen (secondary N) is 1. The molecule has 0 bridgehead atoms. The summed E-state index contributed by atoms with van der Waals surface area (Å²) in [5.41, 5.74) is 0. The standard InChI is InChI=1S/C11H13ClFNO3S/c12-8-3-4-10(13)11(6-8)18(15,16)14-7-9-2-1-5-17-9/h3-4,6,9,14H,1-2,5,7H2. The molecule has 1 aliphatic rings. The number of rotatable bonds is 4. The highest BCUT2D eigenvalue weighted by Crippen LogP contribution is 2.20. The molecular formula is C11H13ClFNO3S. The van der Waals surface area contributed by atoms with Crippen molar-refractivity contribution in [1.29, 1.82) is 0 Å². The van der Waals surface area contributed by atoms with Gasteiger partial charge in [0, 0.05) is 18.2 Å². The summed E-state index contributed by atoms with van der Waals surface area (Å²) >= 11 is 5.67. The highest BCUT2D eigenvalue weighted by molar-refractivity contribution is 7.89. The van der Waals surface area contributed by atoms with Crippen molar-refractivity contribution >= 4 is 21.6 Å². The molecule has 0 spiro atoms. The van der Waals surface area contributed by atoms with E-state index in [-0.39, 0.29) is 17.7 Å². The van der Waals surface area contributed by atoms with Gasteiger partial charge in [0.15, 0.2) is 0 Å². The quantitative estimate of drug-likeness (QED) is 0.923. The third-order valence-corrected chi connectivity index (χ3v) is 4.38. The normalized spacial score (nSPS) is 20.2. The average Bonchev–Trinajstić information content (AvgIpc) is 2.83.